The van der Waals surface area contributed by atoms with Gasteiger partial charge in [0.05, 0.1) is 17.3 Å². The van der Waals surface area contributed by atoms with Gasteiger partial charge in [0.15, 0.2) is 0 Å². The summed E-state index contributed by atoms with van der Waals surface area (Å²) in [7, 11) is 0. The first-order valence-corrected chi connectivity index (χ1v) is 6.94. The predicted molar refractivity (Wildman–Crippen MR) is 78.7 cm³/mol. The molecule has 1 saturated heterocycles. The van der Waals surface area contributed by atoms with E-state index in [1.54, 1.807) is 0 Å². The Labute approximate surface area is 119 Å². The minimum atomic E-state index is -0.0140. The maximum absolute atomic E-state index is 12.0. The highest BCUT2D eigenvalue weighted by atomic mass is 35.5. The van der Waals surface area contributed by atoms with Crippen LogP contribution < -0.4 is 10.6 Å². The number of carbonyl (C=O) groups is 1. The van der Waals surface area contributed by atoms with E-state index in [0.717, 1.165) is 25.2 Å². The average molecular weight is 282 g/mol. The first kappa shape index (κ1) is 14.3. The molecule has 2 rings (SSSR count). The lowest BCUT2D eigenvalue weighted by Crippen LogP contribution is -2.51. The van der Waals surface area contributed by atoms with Crippen molar-refractivity contribution < 1.29 is 4.79 Å². The smallest absolute Gasteiger partial charge is 0.238 e. The summed E-state index contributed by atoms with van der Waals surface area (Å²) in [5.41, 5.74) is 1.76. The van der Waals surface area contributed by atoms with E-state index in [1.165, 1.54) is 0 Å². The largest absolute Gasteiger partial charge is 0.324 e. The summed E-state index contributed by atoms with van der Waals surface area (Å²) in [5.74, 6) is -0.0140. The number of anilines is 1. The van der Waals surface area contributed by atoms with Gasteiger partial charge in [-0.1, -0.05) is 17.7 Å². The molecule has 4 nitrogen and oxygen atoms in total. The zero-order valence-corrected chi connectivity index (χ0v) is 12.1. The Kier molecular flexibility index (Phi) is 4.80. The lowest BCUT2D eigenvalue weighted by molar-refractivity contribution is -0.117. The highest BCUT2D eigenvalue weighted by Gasteiger charge is 2.18. The van der Waals surface area contributed by atoms with Crippen LogP contribution >= 0.6 is 11.6 Å². The van der Waals surface area contributed by atoms with Gasteiger partial charge in [-0.2, -0.15) is 0 Å². The number of nitrogens with zero attached hydrogens (tertiary/aromatic N) is 1. The van der Waals surface area contributed by atoms with E-state index in [9.17, 15) is 4.79 Å². The summed E-state index contributed by atoms with van der Waals surface area (Å²) in [4.78, 5) is 14.1. The number of benzene rings is 1. The zero-order valence-electron chi connectivity index (χ0n) is 11.4. The van der Waals surface area contributed by atoms with E-state index >= 15 is 0 Å². The maximum atomic E-state index is 12.0. The quantitative estimate of drug-likeness (QED) is 0.889. The number of hydrogen-bond donors (Lipinski definition) is 2. The van der Waals surface area contributed by atoms with Crippen molar-refractivity contribution in [1.29, 1.82) is 0 Å². The molecule has 1 aromatic carbocycles. The van der Waals surface area contributed by atoms with Gasteiger partial charge in [0.25, 0.3) is 0 Å². The third-order valence-corrected chi connectivity index (χ3v) is 3.53. The van der Waals surface area contributed by atoms with Crippen LogP contribution in [0.25, 0.3) is 0 Å². The molecule has 0 radical (unpaired) electrons. The number of hydrogen-bond acceptors (Lipinski definition) is 3. The van der Waals surface area contributed by atoms with Crippen molar-refractivity contribution in [2.24, 2.45) is 0 Å². The molecule has 0 saturated carbocycles. The molecular formula is C14H20ClN3O. The van der Waals surface area contributed by atoms with Crippen LogP contribution in [0.15, 0.2) is 18.2 Å². The Bertz CT molecular complexity index is 464. The molecule has 1 aromatic rings. The van der Waals surface area contributed by atoms with Gasteiger partial charge in [-0.3, -0.25) is 9.69 Å². The summed E-state index contributed by atoms with van der Waals surface area (Å²) in [6.45, 7) is 7.24. The van der Waals surface area contributed by atoms with Gasteiger partial charge in [0.2, 0.25) is 5.91 Å². The van der Waals surface area contributed by atoms with E-state index in [4.69, 9.17) is 11.6 Å². The van der Waals surface area contributed by atoms with Crippen molar-refractivity contribution in [3.05, 3.63) is 28.8 Å². The molecule has 0 unspecified atom stereocenters. The number of halogens is 1. The van der Waals surface area contributed by atoms with Crippen LogP contribution in [0.5, 0.6) is 0 Å². The molecular weight excluding hydrogens is 262 g/mol. The summed E-state index contributed by atoms with van der Waals surface area (Å²) in [6.07, 6.45) is 0. The molecule has 2 N–H and O–H groups in total. The van der Waals surface area contributed by atoms with Crippen molar-refractivity contribution in [3.8, 4) is 0 Å². The SMILES string of the molecule is Cc1ccc(NC(=O)CN2CCN[C@@H](C)C2)c(Cl)c1. The maximum Gasteiger partial charge on any atom is 0.238 e. The standard InChI is InChI=1S/C14H20ClN3O/c1-10-3-4-13(12(15)7-10)17-14(19)9-18-6-5-16-11(2)8-18/h3-4,7,11,16H,5-6,8-9H2,1-2H3,(H,17,19)/t11-/m0/s1. The van der Waals surface area contributed by atoms with Crippen LogP contribution in [0, 0.1) is 6.92 Å². The van der Waals surface area contributed by atoms with Crippen LogP contribution in [0.4, 0.5) is 5.69 Å². The van der Waals surface area contributed by atoms with Gasteiger partial charge in [-0.25, -0.2) is 0 Å². The van der Waals surface area contributed by atoms with Crippen molar-refractivity contribution in [2.45, 2.75) is 19.9 Å². The van der Waals surface area contributed by atoms with Gasteiger partial charge in [0, 0.05) is 25.7 Å². The van der Waals surface area contributed by atoms with Crippen molar-refractivity contribution in [1.82, 2.24) is 10.2 Å². The van der Waals surface area contributed by atoms with E-state index in [2.05, 4.69) is 22.5 Å². The Morgan fingerprint density at radius 2 is 2.37 bits per heavy atom. The molecule has 1 heterocycles. The van der Waals surface area contributed by atoms with Crippen LogP contribution in [0.2, 0.25) is 5.02 Å². The summed E-state index contributed by atoms with van der Waals surface area (Å²) in [6, 6.07) is 6.07. The number of nitrogens with one attached hydrogen (secondary N) is 2. The molecule has 0 bridgehead atoms. The molecule has 0 aromatic heterocycles. The Hall–Kier alpha value is -1.10. The normalized spacial score (nSPS) is 20.3. The van der Waals surface area contributed by atoms with E-state index in [0.29, 0.717) is 23.3 Å². The molecule has 1 aliphatic heterocycles. The summed E-state index contributed by atoms with van der Waals surface area (Å²) < 4.78 is 0. The monoisotopic (exact) mass is 281 g/mol. The Balaban J connectivity index is 1.90. The Morgan fingerprint density at radius 3 is 3.05 bits per heavy atom. The second-order valence-corrected chi connectivity index (χ2v) is 5.53. The molecule has 1 amide bonds. The summed E-state index contributed by atoms with van der Waals surface area (Å²) >= 11 is 6.10. The van der Waals surface area contributed by atoms with E-state index in [-0.39, 0.29) is 5.91 Å². The number of rotatable bonds is 3. The van der Waals surface area contributed by atoms with Crippen molar-refractivity contribution in [3.63, 3.8) is 0 Å². The van der Waals surface area contributed by atoms with Crippen molar-refractivity contribution in [2.75, 3.05) is 31.5 Å². The van der Waals surface area contributed by atoms with Crippen molar-refractivity contribution >= 4 is 23.2 Å². The number of amides is 1. The van der Waals surface area contributed by atoms with E-state index < -0.39 is 0 Å². The fourth-order valence-corrected chi connectivity index (χ4v) is 2.55. The van der Waals surface area contributed by atoms with Crippen LogP contribution in [-0.4, -0.2) is 43.0 Å². The fourth-order valence-electron chi connectivity index (χ4n) is 2.27. The first-order valence-electron chi connectivity index (χ1n) is 6.56. The molecule has 1 fully saturated rings. The highest BCUT2D eigenvalue weighted by Crippen LogP contribution is 2.22. The van der Waals surface area contributed by atoms with Gasteiger partial charge in [-0.15, -0.1) is 0 Å². The molecule has 0 spiro atoms. The Morgan fingerprint density at radius 1 is 1.58 bits per heavy atom. The zero-order chi connectivity index (χ0) is 13.8. The average Bonchev–Trinajstić information content (AvgIpc) is 2.33. The molecule has 104 valence electrons. The molecule has 19 heavy (non-hydrogen) atoms. The third kappa shape index (κ3) is 4.20. The fraction of sp³-hybridized carbons (Fsp3) is 0.500. The number of aryl methyl sites for hydroxylation is 1. The molecule has 1 atom stereocenters. The second kappa shape index (κ2) is 6.37. The number of carbonyl (C=O) groups excluding carboxylic acids is 1. The second-order valence-electron chi connectivity index (χ2n) is 5.12. The minimum absolute atomic E-state index is 0.0140. The van der Waals surface area contributed by atoms with Gasteiger partial charge in [0.1, 0.15) is 0 Å². The van der Waals surface area contributed by atoms with Crippen LogP contribution in [-0.2, 0) is 4.79 Å². The van der Waals surface area contributed by atoms with Crippen LogP contribution in [0.3, 0.4) is 0 Å². The van der Waals surface area contributed by atoms with Gasteiger partial charge in [-0.05, 0) is 31.5 Å². The van der Waals surface area contributed by atoms with Gasteiger partial charge < -0.3 is 10.6 Å². The lowest BCUT2D eigenvalue weighted by atomic mass is 10.2. The van der Waals surface area contributed by atoms with E-state index in [1.807, 2.05) is 25.1 Å². The minimum Gasteiger partial charge on any atom is -0.324 e. The summed E-state index contributed by atoms with van der Waals surface area (Å²) in [5, 5.41) is 6.81. The van der Waals surface area contributed by atoms with Crippen LogP contribution in [0.1, 0.15) is 12.5 Å². The molecule has 5 heteroatoms. The molecule has 0 aliphatic carbocycles. The third-order valence-electron chi connectivity index (χ3n) is 3.22. The lowest BCUT2D eigenvalue weighted by Gasteiger charge is -2.31. The van der Waals surface area contributed by atoms with Gasteiger partial charge >= 0.3 is 0 Å². The number of piperazine rings is 1. The predicted octanol–water partition coefficient (Wildman–Crippen LogP) is 1.88. The molecule has 1 aliphatic rings. The highest BCUT2D eigenvalue weighted by molar-refractivity contribution is 6.33. The first-order chi connectivity index (χ1) is 9.04. The topological polar surface area (TPSA) is 44.4 Å².